The molecule has 2 saturated heterocycles. The molecule has 2 unspecified atom stereocenters. The number of H-pyrrole nitrogens is 1. The second-order valence-electron chi connectivity index (χ2n) is 7.88. The number of hydrogen-bond acceptors (Lipinski definition) is 6. The van der Waals surface area contributed by atoms with Crippen LogP contribution in [0.15, 0.2) is 23.0 Å². The zero-order valence-corrected chi connectivity index (χ0v) is 17.8. The molecule has 8 nitrogen and oxygen atoms in total. The fourth-order valence-electron chi connectivity index (χ4n) is 4.28. The van der Waals surface area contributed by atoms with Crippen molar-refractivity contribution in [3.8, 4) is 0 Å². The van der Waals surface area contributed by atoms with Crippen LogP contribution < -0.4 is 10.9 Å². The van der Waals surface area contributed by atoms with Gasteiger partial charge in [-0.05, 0) is 56.3 Å². The number of nitrogens with zero attached hydrogens (tertiary/aromatic N) is 2. The Morgan fingerprint density at radius 2 is 1.93 bits per heavy atom. The first kappa shape index (κ1) is 20.2. The molecule has 0 saturated carbocycles. The highest BCUT2D eigenvalue weighted by molar-refractivity contribution is 7.91. The maximum atomic E-state index is 12.9. The Balaban J connectivity index is 1.60. The molecular weight excluding hydrogens is 412 g/mol. The van der Waals surface area contributed by atoms with E-state index in [1.54, 1.807) is 25.2 Å². The highest BCUT2D eigenvalue weighted by atomic mass is 32.2. The molecule has 2 aliphatic heterocycles. The van der Waals surface area contributed by atoms with Gasteiger partial charge in [-0.25, -0.2) is 8.42 Å². The number of aromatic amines is 1. The maximum Gasteiger partial charge on any atom is 0.261 e. The molecule has 2 aromatic rings. The third-order valence-electron chi connectivity index (χ3n) is 5.86. The monoisotopic (exact) mass is 436 g/mol. The smallest absolute Gasteiger partial charge is 0.261 e. The standard InChI is InChI=1S/C19H24N4O4S2/c1-22-18(25)13-6-5-12(9-14(13)21-19(22)28)17(24)20-15-10-29(26,27)11-16(15)23-7-3-2-4-8-23/h5-6,9,15-16H,2-4,7-8,10-11H2,1H3,(H,20,24)(H,21,28). The van der Waals surface area contributed by atoms with Crippen molar-refractivity contribution in [1.82, 2.24) is 19.8 Å². The topological polar surface area (TPSA) is 104 Å². The van der Waals surface area contributed by atoms with Gasteiger partial charge in [-0.15, -0.1) is 0 Å². The SMILES string of the molecule is Cn1c(=S)[nH]c2cc(C(=O)NC3CS(=O)(=O)CC3N3CCCCC3)ccc2c1=O. The third kappa shape index (κ3) is 4.01. The Kier molecular flexibility index (Phi) is 5.34. The van der Waals surface area contributed by atoms with Crippen LogP contribution in [0.2, 0.25) is 0 Å². The van der Waals surface area contributed by atoms with Crippen LogP contribution in [0.5, 0.6) is 0 Å². The van der Waals surface area contributed by atoms with Crippen molar-refractivity contribution in [3.05, 3.63) is 38.9 Å². The predicted octanol–water partition coefficient (Wildman–Crippen LogP) is 0.977. The van der Waals surface area contributed by atoms with Crippen molar-refractivity contribution in [2.45, 2.75) is 31.3 Å². The number of carbonyl (C=O) groups excluding carboxylic acids is 1. The first-order valence-corrected chi connectivity index (χ1v) is 12.0. The molecule has 1 aromatic heterocycles. The van der Waals surface area contributed by atoms with Gasteiger partial charge >= 0.3 is 0 Å². The lowest BCUT2D eigenvalue weighted by atomic mass is 10.0. The van der Waals surface area contributed by atoms with E-state index in [0.29, 0.717) is 16.5 Å². The van der Waals surface area contributed by atoms with E-state index < -0.39 is 15.9 Å². The summed E-state index contributed by atoms with van der Waals surface area (Å²) in [5.74, 6) is -0.314. The van der Waals surface area contributed by atoms with E-state index >= 15 is 0 Å². The number of nitrogens with one attached hydrogen (secondary N) is 2. The molecule has 1 amide bonds. The van der Waals surface area contributed by atoms with Crippen molar-refractivity contribution in [1.29, 1.82) is 0 Å². The van der Waals surface area contributed by atoms with Gasteiger partial charge in [0.2, 0.25) is 0 Å². The van der Waals surface area contributed by atoms with Crippen molar-refractivity contribution in [2.24, 2.45) is 7.05 Å². The number of carbonyl (C=O) groups is 1. The maximum absolute atomic E-state index is 12.9. The van der Waals surface area contributed by atoms with Gasteiger partial charge in [-0.2, -0.15) is 0 Å². The summed E-state index contributed by atoms with van der Waals surface area (Å²) in [5, 5.41) is 3.36. The minimum absolute atomic E-state index is 0.0452. The normalized spacial score (nSPS) is 24.6. The molecular formula is C19H24N4O4S2. The van der Waals surface area contributed by atoms with E-state index in [-0.39, 0.29) is 33.8 Å². The molecule has 10 heteroatoms. The van der Waals surface area contributed by atoms with Gasteiger partial charge in [0.15, 0.2) is 14.6 Å². The molecule has 2 aliphatic rings. The summed E-state index contributed by atoms with van der Waals surface area (Å²) in [4.78, 5) is 30.3. The predicted molar refractivity (Wildman–Crippen MR) is 113 cm³/mol. The Morgan fingerprint density at radius 1 is 1.21 bits per heavy atom. The molecule has 1 aromatic carbocycles. The fourth-order valence-corrected chi connectivity index (χ4v) is 6.42. The Morgan fingerprint density at radius 3 is 2.66 bits per heavy atom. The van der Waals surface area contributed by atoms with E-state index in [9.17, 15) is 18.0 Å². The molecule has 0 spiro atoms. The molecule has 2 N–H and O–H groups in total. The lowest BCUT2D eigenvalue weighted by Crippen LogP contribution is -2.52. The number of amides is 1. The van der Waals surface area contributed by atoms with Crippen LogP contribution in [0, 0.1) is 4.77 Å². The number of hydrogen-bond donors (Lipinski definition) is 2. The van der Waals surface area contributed by atoms with Crippen molar-refractivity contribution in [2.75, 3.05) is 24.6 Å². The van der Waals surface area contributed by atoms with Crippen LogP contribution in [0.3, 0.4) is 0 Å². The third-order valence-corrected chi connectivity index (χ3v) is 7.95. The number of rotatable bonds is 3. The lowest BCUT2D eigenvalue weighted by Gasteiger charge is -2.35. The van der Waals surface area contributed by atoms with Gasteiger partial charge in [-0.1, -0.05) is 6.42 Å². The molecule has 0 radical (unpaired) electrons. The largest absolute Gasteiger partial charge is 0.347 e. The number of benzene rings is 1. The quantitative estimate of drug-likeness (QED) is 0.695. The van der Waals surface area contributed by atoms with Crippen LogP contribution in [0.1, 0.15) is 29.6 Å². The highest BCUT2D eigenvalue weighted by Gasteiger charge is 2.42. The second kappa shape index (κ2) is 7.66. The van der Waals surface area contributed by atoms with Crippen LogP contribution in [-0.2, 0) is 16.9 Å². The molecule has 2 fully saturated rings. The summed E-state index contributed by atoms with van der Waals surface area (Å²) in [6.45, 7) is 1.73. The van der Waals surface area contributed by atoms with Gasteiger partial charge < -0.3 is 10.3 Å². The average molecular weight is 437 g/mol. The summed E-state index contributed by atoms with van der Waals surface area (Å²) in [6.07, 6.45) is 3.26. The molecule has 4 rings (SSSR count). The van der Waals surface area contributed by atoms with Crippen LogP contribution in [0.25, 0.3) is 10.9 Å². The molecule has 0 aliphatic carbocycles. The van der Waals surface area contributed by atoms with E-state index in [1.807, 2.05) is 0 Å². The number of sulfone groups is 1. The van der Waals surface area contributed by atoms with Gasteiger partial charge in [0.25, 0.3) is 11.5 Å². The summed E-state index contributed by atoms with van der Waals surface area (Å²) in [7, 11) is -1.61. The lowest BCUT2D eigenvalue weighted by molar-refractivity contribution is 0.0900. The highest BCUT2D eigenvalue weighted by Crippen LogP contribution is 2.23. The summed E-state index contributed by atoms with van der Waals surface area (Å²) >= 11 is 5.14. The van der Waals surface area contributed by atoms with Gasteiger partial charge in [0.1, 0.15) is 0 Å². The molecule has 156 valence electrons. The van der Waals surface area contributed by atoms with Crippen LogP contribution in [0.4, 0.5) is 0 Å². The Labute approximate surface area is 173 Å². The minimum atomic E-state index is -3.19. The van der Waals surface area contributed by atoms with E-state index in [1.165, 1.54) is 4.57 Å². The number of aromatic nitrogens is 2. The molecule has 29 heavy (non-hydrogen) atoms. The van der Waals surface area contributed by atoms with E-state index in [0.717, 1.165) is 32.4 Å². The van der Waals surface area contributed by atoms with Crippen molar-refractivity contribution >= 4 is 38.9 Å². The van der Waals surface area contributed by atoms with Gasteiger partial charge in [-0.3, -0.25) is 19.1 Å². The van der Waals surface area contributed by atoms with Crippen LogP contribution >= 0.6 is 12.2 Å². The first-order chi connectivity index (χ1) is 13.7. The average Bonchev–Trinajstić information content (AvgIpc) is 3.00. The summed E-state index contributed by atoms with van der Waals surface area (Å²) in [5.41, 5.74) is 0.609. The van der Waals surface area contributed by atoms with Crippen LogP contribution in [-0.4, -0.2) is 65.5 Å². The number of piperidine rings is 1. The van der Waals surface area contributed by atoms with Crippen molar-refractivity contribution < 1.29 is 13.2 Å². The molecule has 3 heterocycles. The van der Waals surface area contributed by atoms with E-state index in [2.05, 4.69) is 15.2 Å². The zero-order valence-electron chi connectivity index (χ0n) is 16.2. The Bertz CT molecular complexity index is 1180. The van der Waals surface area contributed by atoms with Gasteiger partial charge in [0, 0.05) is 18.7 Å². The summed E-state index contributed by atoms with van der Waals surface area (Å²) in [6, 6.07) is 4.12. The molecule has 0 bridgehead atoms. The first-order valence-electron chi connectivity index (χ1n) is 9.73. The summed E-state index contributed by atoms with van der Waals surface area (Å²) < 4.78 is 26.1. The van der Waals surface area contributed by atoms with E-state index in [4.69, 9.17) is 12.2 Å². The minimum Gasteiger partial charge on any atom is -0.347 e. The van der Waals surface area contributed by atoms with Crippen molar-refractivity contribution in [3.63, 3.8) is 0 Å². The number of likely N-dealkylation sites (tertiary alicyclic amines) is 1. The molecule has 2 atom stereocenters. The zero-order chi connectivity index (χ0) is 20.8. The number of fused-ring (bicyclic) bond motifs is 1. The fraction of sp³-hybridized carbons (Fsp3) is 0.526. The Hall–Kier alpha value is -2.04. The van der Waals surface area contributed by atoms with Gasteiger partial charge in [0.05, 0.1) is 28.5 Å². The second-order valence-corrected chi connectivity index (χ2v) is 10.4.